The SMILES string of the molecule is O=C(CC1CCS(=O)(=O)C1)Nc1nc2cc(NC3CCCC3)ccn2n1. The summed E-state index contributed by atoms with van der Waals surface area (Å²) >= 11 is 0. The highest BCUT2D eigenvalue weighted by molar-refractivity contribution is 7.91. The number of pyridine rings is 1. The Balaban J connectivity index is 1.39. The summed E-state index contributed by atoms with van der Waals surface area (Å²) in [5, 5.41) is 10.5. The maximum Gasteiger partial charge on any atom is 0.249 e. The van der Waals surface area contributed by atoms with Gasteiger partial charge in [-0.25, -0.2) is 12.9 Å². The summed E-state index contributed by atoms with van der Waals surface area (Å²) in [7, 11) is -2.97. The molecule has 0 aromatic carbocycles. The zero-order valence-corrected chi connectivity index (χ0v) is 15.3. The normalized spacial score (nSPS) is 22.7. The van der Waals surface area contributed by atoms with Crippen molar-refractivity contribution in [3.63, 3.8) is 0 Å². The zero-order valence-electron chi connectivity index (χ0n) is 14.5. The molecule has 2 N–H and O–H groups in total. The molecule has 4 rings (SSSR count). The maximum atomic E-state index is 12.1. The molecule has 1 saturated heterocycles. The average Bonchev–Trinajstić information content (AvgIpc) is 3.27. The largest absolute Gasteiger partial charge is 0.382 e. The Bertz CT molecular complexity index is 918. The predicted molar refractivity (Wildman–Crippen MR) is 98.9 cm³/mol. The van der Waals surface area contributed by atoms with E-state index >= 15 is 0 Å². The lowest BCUT2D eigenvalue weighted by Gasteiger charge is -2.12. The molecule has 2 aromatic rings. The first kappa shape index (κ1) is 17.3. The molecule has 2 aliphatic rings. The van der Waals surface area contributed by atoms with Crippen LogP contribution in [0.15, 0.2) is 18.3 Å². The van der Waals surface area contributed by atoms with Crippen molar-refractivity contribution in [1.82, 2.24) is 14.6 Å². The van der Waals surface area contributed by atoms with E-state index in [0.29, 0.717) is 18.1 Å². The fraction of sp³-hybridized carbons (Fsp3) is 0.588. The quantitative estimate of drug-likeness (QED) is 0.824. The number of nitrogens with zero attached hydrogens (tertiary/aromatic N) is 3. The summed E-state index contributed by atoms with van der Waals surface area (Å²) in [4.78, 5) is 16.5. The Kier molecular flexibility index (Phi) is 4.56. The summed E-state index contributed by atoms with van der Waals surface area (Å²) < 4.78 is 24.6. The summed E-state index contributed by atoms with van der Waals surface area (Å²) in [6.45, 7) is 0. The van der Waals surface area contributed by atoms with Gasteiger partial charge in [0.15, 0.2) is 15.5 Å². The number of aromatic nitrogens is 3. The molecule has 0 spiro atoms. The van der Waals surface area contributed by atoms with E-state index in [4.69, 9.17) is 0 Å². The molecule has 0 radical (unpaired) electrons. The van der Waals surface area contributed by atoms with Crippen LogP contribution in [0.4, 0.5) is 11.6 Å². The van der Waals surface area contributed by atoms with E-state index in [1.165, 1.54) is 25.7 Å². The van der Waals surface area contributed by atoms with Gasteiger partial charge in [0.05, 0.1) is 11.5 Å². The topological polar surface area (TPSA) is 105 Å². The highest BCUT2D eigenvalue weighted by Gasteiger charge is 2.29. The molecule has 3 heterocycles. The van der Waals surface area contributed by atoms with Crippen molar-refractivity contribution in [2.24, 2.45) is 5.92 Å². The summed E-state index contributed by atoms with van der Waals surface area (Å²) in [6.07, 6.45) is 7.46. The van der Waals surface area contributed by atoms with Gasteiger partial charge in [0.1, 0.15) is 0 Å². The Hall–Kier alpha value is -2.16. The summed E-state index contributed by atoms with van der Waals surface area (Å²) in [5.74, 6) is 0.157. The van der Waals surface area contributed by atoms with Gasteiger partial charge < -0.3 is 5.32 Å². The first-order chi connectivity index (χ1) is 12.5. The molecule has 1 saturated carbocycles. The molecule has 8 nitrogen and oxygen atoms in total. The van der Waals surface area contributed by atoms with Crippen LogP contribution in [0.2, 0.25) is 0 Å². The van der Waals surface area contributed by atoms with Crippen molar-refractivity contribution < 1.29 is 13.2 Å². The van der Waals surface area contributed by atoms with E-state index in [2.05, 4.69) is 20.7 Å². The number of carbonyl (C=O) groups is 1. The lowest BCUT2D eigenvalue weighted by Crippen LogP contribution is -2.18. The van der Waals surface area contributed by atoms with Crippen LogP contribution in [0, 0.1) is 5.92 Å². The van der Waals surface area contributed by atoms with Crippen molar-refractivity contribution in [3.05, 3.63) is 18.3 Å². The number of fused-ring (bicyclic) bond motifs is 1. The molecule has 1 unspecified atom stereocenters. The van der Waals surface area contributed by atoms with Gasteiger partial charge in [-0.1, -0.05) is 12.8 Å². The van der Waals surface area contributed by atoms with Crippen LogP contribution in [-0.4, -0.2) is 46.5 Å². The van der Waals surface area contributed by atoms with Crippen LogP contribution in [-0.2, 0) is 14.6 Å². The molecular weight excluding hydrogens is 354 g/mol. The van der Waals surface area contributed by atoms with E-state index < -0.39 is 9.84 Å². The Morgan fingerprint density at radius 2 is 2.08 bits per heavy atom. The highest BCUT2D eigenvalue weighted by atomic mass is 32.2. The molecule has 2 aromatic heterocycles. The monoisotopic (exact) mass is 377 g/mol. The van der Waals surface area contributed by atoms with Crippen LogP contribution in [0.3, 0.4) is 0 Å². The number of nitrogens with one attached hydrogen (secondary N) is 2. The van der Waals surface area contributed by atoms with Crippen LogP contribution in [0.5, 0.6) is 0 Å². The first-order valence-corrected chi connectivity index (χ1v) is 10.9. The smallest absolute Gasteiger partial charge is 0.249 e. The molecule has 1 atom stereocenters. The van der Waals surface area contributed by atoms with Gasteiger partial charge in [-0.3, -0.25) is 10.1 Å². The van der Waals surface area contributed by atoms with Gasteiger partial charge in [0, 0.05) is 30.4 Å². The average molecular weight is 377 g/mol. The van der Waals surface area contributed by atoms with E-state index in [9.17, 15) is 13.2 Å². The molecule has 2 fully saturated rings. The summed E-state index contributed by atoms with van der Waals surface area (Å²) in [5.41, 5.74) is 1.66. The predicted octanol–water partition coefficient (Wildman–Crippen LogP) is 1.85. The van der Waals surface area contributed by atoms with Gasteiger partial charge in [0.2, 0.25) is 11.9 Å². The lowest BCUT2D eigenvalue weighted by atomic mass is 10.1. The number of sulfone groups is 1. The van der Waals surface area contributed by atoms with Gasteiger partial charge in [-0.2, -0.15) is 4.98 Å². The number of rotatable bonds is 5. The molecule has 140 valence electrons. The second-order valence-corrected chi connectivity index (χ2v) is 9.53. The number of hydrogen-bond donors (Lipinski definition) is 2. The second-order valence-electron chi connectivity index (χ2n) is 7.30. The highest BCUT2D eigenvalue weighted by Crippen LogP contribution is 2.24. The van der Waals surface area contributed by atoms with E-state index in [0.717, 1.165) is 5.69 Å². The lowest BCUT2D eigenvalue weighted by molar-refractivity contribution is -0.116. The van der Waals surface area contributed by atoms with Crippen molar-refractivity contribution in [2.45, 2.75) is 44.6 Å². The fourth-order valence-electron chi connectivity index (χ4n) is 3.80. The fourth-order valence-corrected chi connectivity index (χ4v) is 5.66. The Morgan fingerprint density at radius 3 is 2.81 bits per heavy atom. The van der Waals surface area contributed by atoms with Gasteiger partial charge in [-0.05, 0) is 31.2 Å². The van der Waals surface area contributed by atoms with Gasteiger partial charge in [0.25, 0.3) is 0 Å². The minimum absolute atomic E-state index is 0.0925. The third kappa shape index (κ3) is 3.98. The van der Waals surface area contributed by atoms with Gasteiger partial charge in [-0.15, -0.1) is 5.10 Å². The number of hydrogen-bond acceptors (Lipinski definition) is 6. The molecule has 1 amide bonds. The second kappa shape index (κ2) is 6.86. The molecule has 26 heavy (non-hydrogen) atoms. The zero-order chi connectivity index (χ0) is 18.1. The maximum absolute atomic E-state index is 12.1. The standard InChI is InChI=1S/C17H23N5O3S/c23-16(9-12-6-8-26(24,25)11-12)20-17-19-15-10-14(5-7-22(15)21-17)18-13-3-1-2-4-13/h5,7,10,12-13,18H,1-4,6,8-9,11H2,(H,20,21,23). The minimum atomic E-state index is -2.97. The first-order valence-electron chi connectivity index (χ1n) is 9.10. The molecule has 1 aliphatic carbocycles. The van der Waals surface area contributed by atoms with Crippen LogP contribution in [0.25, 0.3) is 5.65 Å². The Labute approximate surface area is 152 Å². The third-order valence-corrected chi connectivity index (χ3v) is 6.95. The third-order valence-electron chi connectivity index (χ3n) is 5.12. The van der Waals surface area contributed by atoms with E-state index in [1.807, 2.05) is 18.3 Å². The molecule has 1 aliphatic heterocycles. The summed E-state index contributed by atoms with van der Waals surface area (Å²) in [6, 6.07) is 4.39. The molecular formula is C17H23N5O3S. The van der Waals surface area contributed by atoms with Crippen LogP contribution in [0.1, 0.15) is 38.5 Å². The van der Waals surface area contributed by atoms with Crippen molar-refractivity contribution in [3.8, 4) is 0 Å². The molecule has 9 heteroatoms. The number of anilines is 2. The van der Waals surface area contributed by atoms with Crippen molar-refractivity contribution in [1.29, 1.82) is 0 Å². The molecule has 0 bridgehead atoms. The van der Waals surface area contributed by atoms with E-state index in [-0.39, 0.29) is 35.7 Å². The van der Waals surface area contributed by atoms with Crippen molar-refractivity contribution in [2.75, 3.05) is 22.1 Å². The van der Waals surface area contributed by atoms with E-state index in [1.54, 1.807) is 4.52 Å². The Morgan fingerprint density at radius 1 is 1.27 bits per heavy atom. The number of carbonyl (C=O) groups excluding carboxylic acids is 1. The van der Waals surface area contributed by atoms with Gasteiger partial charge >= 0.3 is 0 Å². The van der Waals surface area contributed by atoms with Crippen LogP contribution >= 0.6 is 0 Å². The number of amides is 1. The minimum Gasteiger partial charge on any atom is -0.382 e. The van der Waals surface area contributed by atoms with Crippen LogP contribution < -0.4 is 10.6 Å². The van der Waals surface area contributed by atoms with Crippen molar-refractivity contribution >= 4 is 33.0 Å².